The zero-order chi connectivity index (χ0) is 14.8. The summed E-state index contributed by atoms with van der Waals surface area (Å²) in [5, 5.41) is 9.44. The first-order chi connectivity index (χ1) is 9.42. The van der Waals surface area contributed by atoms with Crippen LogP contribution in [0.15, 0.2) is 23.1 Å². The Morgan fingerprint density at radius 3 is 2.55 bits per heavy atom. The predicted octanol–water partition coefficient (Wildman–Crippen LogP) is 0.859. The standard InChI is InChI=1S/C13H20N2O4S/c1-19-12-8-9(14)2-7-13(12)20(17,18)15-10-3-5-11(16)6-4-10/h2,7-8,10-11,15-16H,3-6,14H2,1H3. The lowest BCUT2D eigenvalue weighted by Gasteiger charge is -2.26. The molecule has 0 bridgehead atoms. The fraction of sp³-hybridized carbons (Fsp3) is 0.538. The van der Waals surface area contributed by atoms with Crippen molar-refractivity contribution < 1.29 is 18.3 Å². The molecule has 0 unspecified atom stereocenters. The van der Waals surface area contributed by atoms with Gasteiger partial charge >= 0.3 is 0 Å². The van der Waals surface area contributed by atoms with Gasteiger partial charge in [0, 0.05) is 17.8 Å². The van der Waals surface area contributed by atoms with Gasteiger partial charge in [0.1, 0.15) is 10.6 Å². The van der Waals surface area contributed by atoms with Crippen LogP contribution in [0.1, 0.15) is 25.7 Å². The van der Waals surface area contributed by atoms with E-state index in [0.717, 1.165) is 0 Å². The number of aliphatic hydroxyl groups is 1. The first kappa shape index (κ1) is 15.1. The molecule has 1 aromatic carbocycles. The summed E-state index contributed by atoms with van der Waals surface area (Å²) >= 11 is 0. The molecule has 0 aliphatic heterocycles. The van der Waals surface area contributed by atoms with Crippen molar-refractivity contribution in [2.24, 2.45) is 0 Å². The van der Waals surface area contributed by atoms with Crippen LogP contribution in [-0.4, -0.2) is 32.8 Å². The van der Waals surface area contributed by atoms with E-state index in [9.17, 15) is 13.5 Å². The second kappa shape index (κ2) is 5.99. The van der Waals surface area contributed by atoms with Gasteiger partial charge in [0.15, 0.2) is 0 Å². The summed E-state index contributed by atoms with van der Waals surface area (Å²) in [4.78, 5) is 0.0836. The highest BCUT2D eigenvalue weighted by Crippen LogP contribution is 2.27. The van der Waals surface area contributed by atoms with Crippen LogP contribution in [0.25, 0.3) is 0 Å². The van der Waals surface area contributed by atoms with E-state index in [1.54, 1.807) is 0 Å². The van der Waals surface area contributed by atoms with Crippen LogP contribution in [0, 0.1) is 0 Å². The van der Waals surface area contributed by atoms with E-state index >= 15 is 0 Å². The fourth-order valence-corrected chi connectivity index (χ4v) is 3.84. The van der Waals surface area contributed by atoms with Crippen molar-refractivity contribution in [3.63, 3.8) is 0 Å². The number of rotatable bonds is 4. The molecule has 0 atom stereocenters. The molecule has 4 N–H and O–H groups in total. The number of aliphatic hydroxyl groups excluding tert-OH is 1. The Bertz CT molecular complexity index is 566. The third-order valence-corrected chi connectivity index (χ3v) is 5.06. The highest BCUT2D eigenvalue weighted by molar-refractivity contribution is 7.89. The van der Waals surface area contributed by atoms with Crippen LogP contribution in [-0.2, 0) is 10.0 Å². The van der Waals surface area contributed by atoms with E-state index in [1.165, 1.54) is 25.3 Å². The van der Waals surface area contributed by atoms with Gasteiger partial charge in [-0.25, -0.2) is 13.1 Å². The topological polar surface area (TPSA) is 102 Å². The van der Waals surface area contributed by atoms with Crippen LogP contribution >= 0.6 is 0 Å². The van der Waals surface area contributed by atoms with Crippen molar-refractivity contribution in [1.29, 1.82) is 0 Å². The quantitative estimate of drug-likeness (QED) is 0.716. The lowest BCUT2D eigenvalue weighted by molar-refractivity contribution is 0.120. The van der Waals surface area contributed by atoms with E-state index in [2.05, 4.69) is 4.72 Å². The van der Waals surface area contributed by atoms with Crippen molar-refractivity contribution >= 4 is 15.7 Å². The van der Waals surface area contributed by atoms with Gasteiger partial charge in [-0.1, -0.05) is 0 Å². The number of nitrogens with one attached hydrogen (secondary N) is 1. The molecule has 2 rings (SSSR count). The van der Waals surface area contributed by atoms with Crippen molar-refractivity contribution in [3.05, 3.63) is 18.2 Å². The molecule has 0 spiro atoms. The highest BCUT2D eigenvalue weighted by atomic mass is 32.2. The molecule has 1 aliphatic carbocycles. The summed E-state index contributed by atoms with van der Waals surface area (Å²) in [5.74, 6) is 0.230. The first-order valence-corrected chi connectivity index (χ1v) is 8.04. The summed E-state index contributed by atoms with van der Waals surface area (Å²) in [6.45, 7) is 0. The molecule has 0 saturated heterocycles. The molecule has 1 aliphatic rings. The van der Waals surface area contributed by atoms with E-state index in [4.69, 9.17) is 10.5 Å². The number of methoxy groups -OCH3 is 1. The molecule has 1 fully saturated rings. The third kappa shape index (κ3) is 3.41. The van der Waals surface area contributed by atoms with Gasteiger partial charge < -0.3 is 15.6 Å². The molecular weight excluding hydrogens is 280 g/mol. The van der Waals surface area contributed by atoms with Crippen molar-refractivity contribution in [1.82, 2.24) is 4.72 Å². The minimum Gasteiger partial charge on any atom is -0.495 e. The highest BCUT2D eigenvalue weighted by Gasteiger charge is 2.26. The SMILES string of the molecule is COc1cc(N)ccc1S(=O)(=O)NC1CCC(O)CC1. The molecule has 6 nitrogen and oxygen atoms in total. The first-order valence-electron chi connectivity index (χ1n) is 6.56. The lowest BCUT2D eigenvalue weighted by Crippen LogP contribution is -2.38. The third-order valence-electron chi connectivity index (χ3n) is 3.50. The number of nitrogen functional groups attached to an aromatic ring is 1. The smallest absolute Gasteiger partial charge is 0.244 e. The van der Waals surface area contributed by atoms with Gasteiger partial charge in [-0.2, -0.15) is 0 Å². The van der Waals surface area contributed by atoms with Crippen molar-refractivity contribution in [3.8, 4) is 5.75 Å². The Hall–Kier alpha value is -1.31. The number of ether oxygens (including phenoxy) is 1. The molecule has 0 amide bonds. The number of benzene rings is 1. The molecule has 1 aromatic rings. The Labute approximate surface area is 119 Å². The molecule has 20 heavy (non-hydrogen) atoms. The number of sulfonamides is 1. The Kier molecular flexibility index (Phi) is 4.52. The Morgan fingerprint density at radius 1 is 1.30 bits per heavy atom. The zero-order valence-electron chi connectivity index (χ0n) is 11.4. The van der Waals surface area contributed by atoms with E-state index in [1.807, 2.05) is 0 Å². The molecule has 0 aromatic heterocycles. The van der Waals surface area contributed by atoms with Gasteiger partial charge in [0.05, 0.1) is 13.2 Å². The summed E-state index contributed by atoms with van der Waals surface area (Å²) in [7, 11) is -2.24. The molecular formula is C13H20N2O4S. The van der Waals surface area contributed by atoms with Gasteiger partial charge in [-0.3, -0.25) is 0 Å². The van der Waals surface area contributed by atoms with Crippen LogP contribution < -0.4 is 15.2 Å². The Morgan fingerprint density at radius 2 is 1.95 bits per heavy atom. The number of nitrogens with two attached hydrogens (primary N) is 1. The minimum atomic E-state index is -3.65. The average molecular weight is 300 g/mol. The van der Waals surface area contributed by atoms with Gasteiger partial charge in [-0.05, 0) is 37.8 Å². The minimum absolute atomic E-state index is 0.0836. The monoisotopic (exact) mass is 300 g/mol. The van der Waals surface area contributed by atoms with E-state index in [0.29, 0.717) is 31.4 Å². The molecule has 0 radical (unpaired) electrons. The summed E-state index contributed by atoms with van der Waals surface area (Å²) in [6.07, 6.45) is 2.19. The van der Waals surface area contributed by atoms with Gasteiger partial charge in [0.2, 0.25) is 10.0 Å². The van der Waals surface area contributed by atoms with Gasteiger partial charge in [-0.15, -0.1) is 0 Å². The maximum absolute atomic E-state index is 12.4. The van der Waals surface area contributed by atoms with E-state index in [-0.39, 0.29) is 22.8 Å². The fourth-order valence-electron chi connectivity index (χ4n) is 2.38. The van der Waals surface area contributed by atoms with Crippen molar-refractivity contribution in [2.75, 3.05) is 12.8 Å². The van der Waals surface area contributed by atoms with Crippen LogP contribution in [0.5, 0.6) is 5.75 Å². The maximum atomic E-state index is 12.4. The molecule has 112 valence electrons. The second-order valence-electron chi connectivity index (χ2n) is 5.04. The molecule has 7 heteroatoms. The van der Waals surface area contributed by atoms with Crippen LogP contribution in [0.4, 0.5) is 5.69 Å². The van der Waals surface area contributed by atoms with Crippen molar-refractivity contribution in [2.45, 2.75) is 42.7 Å². The second-order valence-corrected chi connectivity index (χ2v) is 6.72. The average Bonchev–Trinajstić information content (AvgIpc) is 2.40. The predicted molar refractivity (Wildman–Crippen MR) is 76.0 cm³/mol. The molecule has 1 saturated carbocycles. The summed E-state index contributed by atoms with van der Waals surface area (Å²) < 4.78 is 32.5. The normalized spacial score (nSPS) is 23.5. The zero-order valence-corrected chi connectivity index (χ0v) is 12.2. The Balaban J connectivity index is 2.18. The van der Waals surface area contributed by atoms with Crippen LogP contribution in [0.3, 0.4) is 0 Å². The summed E-state index contributed by atoms with van der Waals surface area (Å²) in [5.41, 5.74) is 6.07. The molecule has 0 heterocycles. The number of hydrogen-bond acceptors (Lipinski definition) is 5. The lowest BCUT2D eigenvalue weighted by atomic mass is 9.94. The number of anilines is 1. The number of hydrogen-bond donors (Lipinski definition) is 3. The van der Waals surface area contributed by atoms with Crippen LogP contribution in [0.2, 0.25) is 0 Å². The summed E-state index contributed by atoms with van der Waals surface area (Å²) in [6, 6.07) is 4.31. The van der Waals surface area contributed by atoms with Gasteiger partial charge in [0.25, 0.3) is 0 Å². The largest absolute Gasteiger partial charge is 0.495 e. The maximum Gasteiger partial charge on any atom is 0.244 e. The van der Waals surface area contributed by atoms with E-state index < -0.39 is 10.0 Å².